The molecule has 0 aromatic carbocycles. The molecule has 0 amide bonds. The Kier molecular flexibility index (Phi) is 4.41. The third-order valence-electron chi connectivity index (χ3n) is 2.99. The quantitative estimate of drug-likeness (QED) is 0.775. The van der Waals surface area contributed by atoms with Crippen molar-refractivity contribution in [3.8, 4) is 0 Å². The normalized spacial score (nSPS) is 19.7. The Hall–Kier alpha value is -1.30. The lowest BCUT2D eigenvalue weighted by Gasteiger charge is -2.33. The van der Waals surface area contributed by atoms with Gasteiger partial charge in [0.2, 0.25) is 0 Å². The highest BCUT2D eigenvalue weighted by atomic mass is 32.2. The van der Waals surface area contributed by atoms with Gasteiger partial charge in [-0.1, -0.05) is 6.92 Å². The first kappa shape index (κ1) is 13.1. The van der Waals surface area contributed by atoms with Crippen molar-refractivity contribution < 1.29 is 9.53 Å². The van der Waals surface area contributed by atoms with Crippen LogP contribution in [0.1, 0.15) is 23.7 Å². The van der Waals surface area contributed by atoms with Gasteiger partial charge in [0.05, 0.1) is 7.11 Å². The minimum Gasteiger partial charge on any atom is -0.465 e. The van der Waals surface area contributed by atoms with E-state index < -0.39 is 0 Å². The van der Waals surface area contributed by atoms with Gasteiger partial charge < -0.3 is 9.64 Å². The van der Waals surface area contributed by atoms with E-state index in [4.69, 9.17) is 4.74 Å². The third kappa shape index (κ3) is 2.75. The number of anilines is 1. The number of carbonyl (C=O) groups is 1. The van der Waals surface area contributed by atoms with Crippen molar-refractivity contribution in [2.75, 3.05) is 30.9 Å². The Bertz CT molecular complexity index is 428. The lowest BCUT2D eigenvalue weighted by molar-refractivity contribution is 0.0600. The zero-order valence-electron chi connectivity index (χ0n) is 10.6. The summed E-state index contributed by atoms with van der Waals surface area (Å²) in [5.41, 5.74) is 0.446. The van der Waals surface area contributed by atoms with Gasteiger partial charge in [-0.2, -0.15) is 11.8 Å². The zero-order chi connectivity index (χ0) is 13.0. The molecule has 0 saturated carbocycles. The molecule has 1 fully saturated rings. The largest absolute Gasteiger partial charge is 0.465 e. The van der Waals surface area contributed by atoms with Gasteiger partial charge in [0.15, 0.2) is 0 Å². The number of carbonyl (C=O) groups excluding carboxylic acids is 1. The summed E-state index contributed by atoms with van der Waals surface area (Å²) >= 11 is 1.98. The van der Waals surface area contributed by atoms with Crippen LogP contribution in [-0.4, -0.2) is 47.1 Å². The third-order valence-corrected chi connectivity index (χ3v) is 4.36. The molecule has 2 heterocycles. The molecule has 1 aromatic rings. The SMILES string of the molecule is CCC1CN(c2ncncc2C(=O)OC)CCS1. The molecule has 6 heteroatoms. The molecule has 0 bridgehead atoms. The number of thioether (sulfide) groups is 1. The van der Waals surface area contributed by atoms with Gasteiger partial charge in [-0.05, 0) is 6.42 Å². The van der Waals surface area contributed by atoms with E-state index in [1.165, 1.54) is 19.6 Å². The number of esters is 1. The standard InChI is InChI=1S/C12H17N3O2S/c1-3-9-7-15(4-5-18-9)11-10(12(16)17-2)6-13-8-14-11/h6,8-9H,3-5,7H2,1-2H3. The van der Waals surface area contributed by atoms with Gasteiger partial charge in [-0.3, -0.25) is 0 Å². The van der Waals surface area contributed by atoms with Crippen molar-refractivity contribution in [2.24, 2.45) is 0 Å². The second kappa shape index (κ2) is 6.04. The van der Waals surface area contributed by atoms with Gasteiger partial charge in [0.25, 0.3) is 0 Å². The molecule has 98 valence electrons. The molecule has 5 nitrogen and oxygen atoms in total. The maximum Gasteiger partial charge on any atom is 0.343 e. The van der Waals surface area contributed by atoms with Crippen LogP contribution in [0.2, 0.25) is 0 Å². The molecule has 1 atom stereocenters. The molecule has 1 unspecified atom stereocenters. The number of aromatic nitrogens is 2. The fourth-order valence-electron chi connectivity index (χ4n) is 1.99. The number of nitrogens with zero attached hydrogens (tertiary/aromatic N) is 3. The molecular formula is C12H17N3O2S. The summed E-state index contributed by atoms with van der Waals surface area (Å²) < 4.78 is 4.77. The van der Waals surface area contributed by atoms with E-state index in [1.807, 2.05) is 11.8 Å². The van der Waals surface area contributed by atoms with Crippen molar-refractivity contribution >= 4 is 23.5 Å². The molecular weight excluding hydrogens is 250 g/mol. The fraction of sp³-hybridized carbons (Fsp3) is 0.583. The van der Waals surface area contributed by atoms with E-state index in [9.17, 15) is 4.79 Å². The Labute approximate surface area is 111 Å². The van der Waals surface area contributed by atoms with E-state index >= 15 is 0 Å². The van der Waals surface area contributed by atoms with Crippen molar-refractivity contribution in [1.29, 1.82) is 0 Å². The summed E-state index contributed by atoms with van der Waals surface area (Å²) in [6.07, 6.45) is 4.13. The summed E-state index contributed by atoms with van der Waals surface area (Å²) in [5, 5.41) is 0.596. The Morgan fingerprint density at radius 3 is 3.22 bits per heavy atom. The van der Waals surface area contributed by atoms with Crippen LogP contribution in [0, 0.1) is 0 Å². The van der Waals surface area contributed by atoms with Gasteiger partial charge in [0.1, 0.15) is 17.7 Å². The summed E-state index contributed by atoms with van der Waals surface area (Å²) in [5.74, 6) is 1.37. The molecule has 0 aliphatic carbocycles. The van der Waals surface area contributed by atoms with E-state index in [1.54, 1.807) is 0 Å². The summed E-state index contributed by atoms with van der Waals surface area (Å²) in [6, 6.07) is 0. The van der Waals surface area contributed by atoms with Crippen molar-refractivity contribution in [2.45, 2.75) is 18.6 Å². The lowest BCUT2D eigenvalue weighted by Crippen LogP contribution is -2.39. The number of hydrogen-bond acceptors (Lipinski definition) is 6. The fourth-order valence-corrected chi connectivity index (χ4v) is 3.17. The minimum atomic E-state index is -0.378. The molecule has 0 spiro atoms. The monoisotopic (exact) mass is 267 g/mol. The van der Waals surface area contributed by atoms with Crippen LogP contribution >= 0.6 is 11.8 Å². The number of methoxy groups -OCH3 is 1. The van der Waals surface area contributed by atoms with Gasteiger partial charge in [-0.25, -0.2) is 14.8 Å². The van der Waals surface area contributed by atoms with Crippen LogP contribution in [0.15, 0.2) is 12.5 Å². The van der Waals surface area contributed by atoms with Crippen LogP contribution in [0.5, 0.6) is 0 Å². The minimum absolute atomic E-state index is 0.378. The second-order valence-corrected chi connectivity index (χ2v) is 5.51. The molecule has 1 aliphatic rings. The van der Waals surface area contributed by atoms with Gasteiger partial charge in [-0.15, -0.1) is 0 Å². The highest BCUT2D eigenvalue weighted by Crippen LogP contribution is 2.26. The van der Waals surface area contributed by atoms with Crippen LogP contribution in [-0.2, 0) is 4.74 Å². The van der Waals surface area contributed by atoms with E-state index in [-0.39, 0.29) is 5.97 Å². The van der Waals surface area contributed by atoms with E-state index in [0.717, 1.165) is 25.3 Å². The first-order chi connectivity index (χ1) is 8.76. The van der Waals surface area contributed by atoms with Crippen molar-refractivity contribution in [3.05, 3.63) is 18.1 Å². The highest BCUT2D eigenvalue weighted by molar-refractivity contribution is 8.00. The molecule has 1 saturated heterocycles. The predicted octanol–water partition coefficient (Wildman–Crippen LogP) is 1.59. The van der Waals surface area contributed by atoms with E-state index in [2.05, 4.69) is 21.8 Å². The van der Waals surface area contributed by atoms with Crippen molar-refractivity contribution in [3.63, 3.8) is 0 Å². The van der Waals surface area contributed by atoms with Gasteiger partial charge in [0, 0.05) is 30.3 Å². The Balaban J connectivity index is 2.24. The zero-order valence-corrected chi connectivity index (χ0v) is 11.4. The molecule has 1 aromatic heterocycles. The van der Waals surface area contributed by atoms with Crippen LogP contribution in [0.25, 0.3) is 0 Å². The van der Waals surface area contributed by atoms with Gasteiger partial charge >= 0.3 is 5.97 Å². The molecule has 0 radical (unpaired) electrons. The first-order valence-corrected chi connectivity index (χ1v) is 7.06. The maximum atomic E-state index is 11.7. The van der Waals surface area contributed by atoms with E-state index in [0.29, 0.717) is 16.6 Å². The first-order valence-electron chi connectivity index (χ1n) is 6.01. The number of hydrogen-bond donors (Lipinski definition) is 0. The Morgan fingerprint density at radius 2 is 2.50 bits per heavy atom. The summed E-state index contributed by atoms with van der Waals surface area (Å²) in [7, 11) is 1.38. The average Bonchev–Trinajstić information content (AvgIpc) is 2.46. The topological polar surface area (TPSA) is 55.3 Å². The Morgan fingerprint density at radius 1 is 1.67 bits per heavy atom. The summed E-state index contributed by atoms with van der Waals surface area (Å²) in [4.78, 5) is 22.0. The molecule has 1 aliphatic heterocycles. The molecule has 2 rings (SSSR count). The number of ether oxygens (including phenoxy) is 1. The summed E-state index contributed by atoms with van der Waals surface area (Å²) in [6.45, 7) is 4.01. The predicted molar refractivity (Wildman–Crippen MR) is 72.1 cm³/mol. The van der Waals surface area contributed by atoms with Crippen LogP contribution < -0.4 is 4.90 Å². The molecule has 0 N–H and O–H groups in total. The smallest absolute Gasteiger partial charge is 0.343 e. The lowest BCUT2D eigenvalue weighted by atomic mass is 10.2. The second-order valence-electron chi connectivity index (χ2n) is 4.10. The highest BCUT2D eigenvalue weighted by Gasteiger charge is 2.24. The number of rotatable bonds is 3. The van der Waals surface area contributed by atoms with Crippen LogP contribution in [0.4, 0.5) is 5.82 Å². The molecule has 18 heavy (non-hydrogen) atoms. The maximum absolute atomic E-state index is 11.7. The average molecular weight is 267 g/mol. The van der Waals surface area contributed by atoms with Crippen LogP contribution in [0.3, 0.4) is 0 Å². The van der Waals surface area contributed by atoms with Crippen molar-refractivity contribution in [1.82, 2.24) is 9.97 Å².